The molecule has 26 heavy (non-hydrogen) atoms. The molecule has 2 aliphatic carbocycles. The summed E-state index contributed by atoms with van der Waals surface area (Å²) in [6, 6.07) is 13.5. The number of carbonyl (C=O) groups is 2. The van der Waals surface area contributed by atoms with Crippen molar-refractivity contribution in [3.63, 3.8) is 0 Å². The van der Waals surface area contributed by atoms with Gasteiger partial charge in [-0.15, -0.1) is 0 Å². The van der Waals surface area contributed by atoms with E-state index in [1.54, 1.807) is 13.2 Å². The van der Waals surface area contributed by atoms with E-state index in [1.165, 1.54) is 0 Å². The zero-order chi connectivity index (χ0) is 18.5. The first-order chi connectivity index (χ1) is 12.3. The van der Waals surface area contributed by atoms with Gasteiger partial charge in [0.05, 0.1) is 23.9 Å². The molecule has 132 valence electrons. The van der Waals surface area contributed by atoms with Crippen LogP contribution >= 0.6 is 0 Å². The topological polar surface area (TPSA) is 52.6 Å². The van der Waals surface area contributed by atoms with Gasteiger partial charge >= 0.3 is 5.97 Å². The molecule has 4 nitrogen and oxygen atoms in total. The predicted molar refractivity (Wildman–Crippen MR) is 95.4 cm³/mol. The first-order valence-corrected chi connectivity index (χ1v) is 8.86. The lowest BCUT2D eigenvalue weighted by atomic mass is 9.44. The van der Waals surface area contributed by atoms with Gasteiger partial charge in [-0.3, -0.25) is 9.59 Å². The molecule has 4 heteroatoms. The smallest absolute Gasteiger partial charge is 0.315 e. The van der Waals surface area contributed by atoms with Crippen LogP contribution in [-0.4, -0.2) is 18.9 Å². The highest BCUT2D eigenvalue weighted by atomic mass is 16.6. The number of methoxy groups -OCH3 is 1. The number of hydrogen-bond donors (Lipinski definition) is 0. The highest BCUT2D eigenvalue weighted by Crippen LogP contribution is 2.72. The number of fused-ring (bicyclic) bond motifs is 2. The molecular formula is C22H20O4. The van der Waals surface area contributed by atoms with Crippen LogP contribution in [0.2, 0.25) is 0 Å². The Morgan fingerprint density at radius 2 is 1.73 bits per heavy atom. The highest BCUT2D eigenvalue weighted by Gasteiger charge is 2.77. The van der Waals surface area contributed by atoms with Gasteiger partial charge in [-0.1, -0.05) is 44.2 Å². The molecule has 2 bridgehead atoms. The number of ketones is 1. The maximum atomic E-state index is 13.7. The van der Waals surface area contributed by atoms with Crippen molar-refractivity contribution in [1.29, 1.82) is 0 Å². The third kappa shape index (κ3) is 1.31. The summed E-state index contributed by atoms with van der Waals surface area (Å²) in [6.45, 7) is 5.95. The van der Waals surface area contributed by atoms with Crippen molar-refractivity contribution >= 4 is 11.8 Å². The zero-order valence-electron chi connectivity index (χ0n) is 15.3. The number of Topliss-reactive ketones (excluding diaryl/α,β-unsaturated/α-hetero) is 1. The van der Waals surface area contributed by atoms with Crippen molar-refractivity contribution in [2.24, 2.45) is 5.41 Å². The SMILES string of the molecule is COc1ccc2c(c1)C(=O)[C@@]1(C)[C@@H]3C(=O)O[C@@](C)(c4ccccc43)[C@@]21C. The Morgan fingerprint density at radius 3 is 2.46 bits per heavy atom. The van der Waals surface area contributed by atoms with Gasteiger partial charge in [0.15, 0.2) is 5.78 Å². The summed E-state index contributed by atoms with van der Waals surface area (Å²) < 4.78 is 11.4. The molecule has 0 N–H and O–H groups in total. The van der Waals surface area contributed by atoms with Gasteiger partial charge in [-0.2, -0.15) is 0 Å². The van der Waals surface area contributed by atoms with E-state index < -0.39 is 22.3 Å². The molecule has 2 aromatic rings. The number of benzene rings is 2. The molecule has 2 heterocycles. The van der Waals surface area contributed by atoms with E-state index in [1.807, 2.05) is 50.2 Å². The van der Waals surface area contributed by atoms with Crippen LogP contribution in [0.3, 0.4) is 0 Å². The number of esters is 1. The van der Waals surface area contributed by atoms with Crippen molar-refractivity contribution < 1.29 is 19.1 Å². The molecule has 0 spiro atoms. The first-order valence-electron chi connectivity index (χ1n) is 8.86. The standard InChI is InChI=1S/C22H20O4/c1-20-17-13-7-5-6-8-16(13)22(3,26-19(17)24)21(20,2)15-10-9-12(25-4)11-14(15)18(20)23/h5-11,17H,1-4H3/t17-,20+,21-,22-/m0/s1. The summed E-state index contributed by atoms with van der Waals surface area (Å²) >= 11 is 0. The summed E-state index contributed by atoms with van der Waals surface area (Å²) in [5.41, 5.74) is 1.04. The van der Waals surface area contributed by atoms with Crippen LogP contribution < -0.4 is 4.74 Å². The second-order valence-corrected chi connectivity index (χ2v) is 8.04. The number of hydrogen-bond acceptors (Lipinski definition) is 4. The van der Waals surface area contributed by atoms with Gasteiger partial charge < -0.3 is 9.47 Å². The van der Waals surface area contributed by atoms with Crippen LogP contribution in [0.1, 0.15) is 53.7 Å². The molecule has 0 radical (unpaired) electrons. The third-order valence-corrected chi connectivity index (χ3v) is 7.38. The van der Waals surface area contributed by atoms with Crippen LogP contribution in [0.25, 0.3) is 0 Å². The van der Waals surface area contributed by atoms with Gasteiger partial charge in [0.25, 0.3) is 0 Å². The summed E-state index contributed by atoms with van der Waals surface area (Å²) in [5.74, 6) is -0.266. The molecule has 4 atom stereocenters. The second-order valence-electron chi connectivity index (χ2n) is 8.04. The fraction of sp³-hybridized carbons (Fsp3) is 0.364. The van der Waals surface area contributed by atoms with Gasteiger partial charge in [0.1, 0.15) is 11.4 Å². The maximum absolute atomic E-state index is 13.7. The lowest BCUT2D eigenvalue weighted by molar-refractivity contribution is -0.205. The second kappa shape index (κ2) is 4.37. The van der Waals surface area contributed by atoms with E-state index in [0.717, 1.165) is 16.7 Å². The Balaban J connectivity index is 1.91. The van der Waals surface area contributed by atoms with Gasteiger partial charge in [-0.05, 0) is 30.2 Å². The first kappa shape index (κ1) is 15.6. The van der Waals surface area contributed by atoms with Crippen molar-refractivity contribution in [1.82, 2.24) is 0 Å². The fourth-order valence-corrected chi connectivity index (χ4v) is 5.78. The van der Waals surface area contributed by atoms with E-state index in [2.05, 4.69) is 6.92 Å². The van der Waals surface area contributed by atoms with E-state index in [0.29, 0.717) is 11.3 Å². The van der Waals surface area contributed by atoms with Gasteiger partial charge in [-0.25, -0.2) is 0 Å². The van der Waals surface area contributed by atoms with E-state index in [4.69, 9.17) is 9.47 Å². The minimum atomic E-state index is -0.903. The van der Waals surface area contributed by atoms with Gasteiger partial charge in [0, 0.05) is 11.1 Å². The van der Waals surface area contributed by atoms with Crippen LogP contribution in [0.5, 0.6) is 5.75 Å². The molecule has 2 aromatic carbocycles. The summed E-state index contributed by atoms with van der Waals surface area (Å²) in [5, 5.41) is 0. The molecular weight excluding hydrogens is 328 g/mol. The third-order valence-electron chi connectivity index (χ3n) is 7.38. The normalized spacial score (nSPS) is 36.2. The Hall–Kier alpha value is -2.62. The van der Waals surface area contributed by atoms with Crippen LogP contribution in [0.15, 0.2) is 42.5 Å². The molecule has 6 rings (SSSR count). The molecule has 0 aromatic heterocycles. The Kier molecular flexibility index (Phi) is 2.63. The number of ether oxygens (including phenoxy) is 2. The summed E-state index contributed by atoms with van der Waals surface area (Å²) in [6.07, 6.45) is 0. The average Bonchev–Trinajstić information content (AvgIpc) is 2.82. The molecule has 4 aliphatic rings. The van der Waals surface area contributed by atoms with Crippen molar-refractivity contribution in [2.75, 3.05) is 7.11 Å². The number of rotatable bonds is 1. The van der Waals surface area contributed by atoms with Crippen molar-refractivity contribution in [3.05, 3.63) is 64.7 Å². The highest BCUT2D eigenvalue weighted by molar-refractivity contribution is 6.11. The maximum Gasteiger partial charge on any atom is 0.315 e. The average molecular weight is 348 g/mol. The minimum Gasteiger partial charge on any atom is -0.497 e. The molecule has 0 saturated carbocycles. The summed E-state index contributed by atoms with van der Waals surface area (Å²) in [7, 11) is 1.59. The lowest BCUT2D eigenvalue weighted by Gasteiger charge is -2.62. The lowest BCUT2D eigenvalue weighted by Crippen LogP contribution is -2.68. The molecule has 2 aliphatic heterocycles. The van der Waals surface area contributed by atoms with Gasteiger partial charge in [0.2, 0.25) is 0 Å². The predicted octanol–water partition coefficient (Wildman–Crippen LogP) is 3.72. The fourth-order valence-electron chi connectivity index (χ4n) is 5.78. The van der Waals surface area contributed by atoms with Crippen LogP contribution in [0, 0.1) is 5.41 Å². The monoisotopic (exact) mass is 348 g/mol. The van der Waals surface area contributed by atoms with Crippen molar-refractivity contribution in [3.8, 4) is 5.75 Å². The summed E-state index contributed by atoms with van der Waals surface area (Å²) in [4.78, 5) is 26.6. The quantitative estimate of drug-likeness (QED) is 0.737. The van der Waals surface area contributed by atoms with E-state index in [-0.39, 0.29) is 11.8 Å². The Labute approximate surface area is 152 Å². The Bertz CT molecular complexity index is 1010. The molecule has 0 unspecified atom stereocenters. The minimum absolute atomic E-state index is 0.00345. The zero-order valence-corrected chi connectivity index (χ0v) is 15.3. The van der Waals surface area contributed by atoms with Crippen LogP contribution in [0.4, 0.5) is 0 Å². The molecule has 1 fully saturated rings. The Morgan fingerprint density at radius 1 is 1.00 bits per heavy atom. The van der Waals surface area contributed by atoms with E-state index >= 15 is 0 Å². The molecule has 0 amide bonds. The molecule has 1 saturated heterocycles. The number of carbonyl (C=O) groups excluding carboxylic acids is 2. The largest absolute Gasteiger partial charge is 0.497 e. The van der Waals surface area contributed by atoms with E-state index in [9.17, 15) is 9.59 Å². The van der Waals surface area contributed by atoms with Crippen LogP contribution in [-0.2, 0) is 20.5 Å². The van der Waals surface area contributed by atoms with Crippen molar-refractivity contribution in [2.45, 2.75) is 37.7 Å².